The molecular formula is C24H37N5O4S2. The van der Waals surface area contributed by atoms with Gasteiger partial charge < -0.3 is 24.3 Å². The molecule has 0 amide bonds. The Bertz CT molecular complexity index is 1050. The predicted octanol–water partition coefficient (Wildman–Crippen LogP) is 1.84. The summed E-state index contributed by atoms with van der Waals surface area (Å²) in [5.74, 6) is -0.104. The molecule has 194 valence electrons. The van der Waals surface area contributed by atoms with E-state index in [2.05, 4.69) is 20.1 Å². The van der Waals surface area contributed by atoms with Gasteiger partial charge in [0.25, 0.3) is 0 Å². The van der Waals surface area contributed by atoms with E-state index >= 15 is 0 Å². The van der Waals surface area contributed by atoms with Crippen LogP contribution in [0.1, 0.15) is 23.7 Å². The molecule has 9 nitrogen and oxygen atoms in total. The van der Waals surface area contributed by atoms with Gasteiger partial charge in [-0.2, -0.15) is 0 Å². The Morgan fingerprint density at radius 1 is 1.23 bits per heavy atom. The number of aromatic nitrogens is 2. The molecule has 0 bridgehead atoms. The maximum absolute atomic E-state index is 13.3. The Balaban J connectivity index is 1.82. The third-order valence-electron chi connectivity index (χ3n) is 5.93. The molecule has 0 aliphatic carbocycles. The van der Waals surface area contributed by atoms with Crippen molar-refractivity contribution >= 4 is 27.2 Å². The van der Waals surface area contributed by atoms with Gasteiger partial charge in [-0.05, 0) is 31.6 Å². The molecule has 35 heavy (non-hydrogen) atoms. The fraction of sp³-hybridized carbons (Fsp3) is 0.583. The standard InChI is InChI=1S/C24H37N5O4S2/c1-4-25-23(34)28(10-9-27-11-15-33-16-12-27)18-22-17-26-24(29(22)13-14-32-3)35(30,31)19-21-7-5-20(2)6-8-21/h5-8,17H,4,9-16,18-19H2,1-3H3,(H,25,34). The van der Waals surface area contributed by atoms with E-state index < -0.39 is 9.84 Å². The monoisotopic (exact) mass is 523 g/mol. The van der Waals surface area contributed by atoms with Crippen molar-refractivity contribution in [2.75, 3.05) is 59.7 Å². The zero-order valence-corrected chi connectivity index (χ0v) is 22.5. The van der Waals surface area contributed by atoms with Gasteiger partial charge in [0, 0.05) is 46.4 Å². The molecule has 2 aromatic rings. The average Bonchev–Trinajstić information content (AvgIpc) is 3.25. The molecule has 2 heterocycles. The molecule has 3 rings (SSSR count). The van der Waals surface area contributed by atoms with Crippen LogP contribution >= 0.6 is 12.2 Å². The zero-order chi connectivity index (χ0) is 25.3. The van der Waals surface area contributed by atoms with Crippen molar-refractivity contribution in [3.05, 3.63) is 47.3 Å². The lowest BCUT2D eigenvalue weighted by molar-refractivity contribution is 0.0356. The zero-order valence-electron chi connectivity index (χ0n) is 20.9. The molecule has 1 aromatic heterocycles. The number of hydrogen-bond acceptors (Lipinski definition) is 7. The summed E-state index contributed by atoms with van der Waals surface area (Å²) in [7, 11) is -2.05. The van der Waals surface area contributed by atoms with Crippen molar-refractivity contribution in [3.63, 3.8) is 0 Å². The summed E-state index contributed by atoms with van der Waals surface area (Å²) >= 11 is 5.65. The largest absolute Gasteiger partial charge is 0.383 e. The average molecular weight is 524 g/mol. The fourth-order valence-electron chi connectivity index (χ4n) is 3.95. The maximum atomic E-state index is 13.3. The van der Waals surface area contributed by atoms with Crippen molar-refractivity contribution in [2.45, 2.75) is 37.8 Å². The quantitative estimate of drug-likeness (QED) is 0.419. The highest BCUT2D eigenvalue weighted by Gasteiger charge is 2.25. The number of methoxy groups -OCH3 is 1. The van der Waals surface area contributed by atoms with Gasteiger partial charge in [0.1, 0.15) is 0 Å². The highest BCUT2D eigenvalue weighted by atomic mass is 32.2. The first-order valence-corrected chi connectivity index (χ1v) is 14.0. The van der Waals surface area contributed by atoms with Crippen molar-refractivity contribution < 1.29 is 17.9 Å². The molecule has 1 N–H and O–H groups in total. The van der Waals surface area contributed by atoms with E-state index in [1.54, 1.807) is 17.9 Å². The highest BCUT2D eigenvalue weighted by Crippen LogP contribution is 2.19. The normalized spacial score (nSPS) is 14.7. The summed E-state index contributed by atoms with van der Waals surface area (Å²) in [6.07, 6.45) is 1.65. The Morgan fingerprint density at radius 3 is 2.60 bits per heavy atom. The second-order valence-corrected chi connectivity index (χ2v) is 10.9. The minimum absolute atomic E-state index is 0.0626. The Kier molecular flexibility index (Phi) is 10.5. The van der Waals surface area contributed by atoms with Gasteiger partial charge in [0.05, 0.1) is 44.0 Å². The van der Waals surface area contributed by atoms with Crippen molar-refractivity contribution in [1.82, 2.24) is 24.7 Å². The lowest BCUT2D eigenvalue weighted by Gasteiger charge is -2.31. The number of imidazole rings is 1. The third-order valence-corrected chi connectivity index (χ3v) is 7.93. The van der Waals surface area contributed by atoms with E-state index in [-0.39, 0.29) is 10.9 Å². The topological polar surface area (TPSA) is 88.9 Å². The van der Waals surface area contributed by atoms with Crippen molar-refractivity contribution in [2.24, 2.45) is 0 Å². The van der Waals surface area contributed by atoms with Crippen LogP contribution in [0.3, 0.4) is 0 Å². The second-order valence-electron chi connectivity index (χ2n) is 8.63. The summed E-state index contributed by atoms with van der Waals surface area (Å²) in [5.41, 5.74) is 2.61. The number of hydrogen-bond donors (Lipinski definition) is 1. The van der Waals surface area contributed by atoms with Crippen LogP contribution in [0.15, 0.2) is 35.6 Å². The number of nitrogens with zero attached hydrogens (tertiary/aromatic N) is 4. The molecule has 0 saturated carbocycles. The summed E-state index contributed by atoms with van der Waals surface area (Å²) < 4.78 is 39.2. The Hall–Kier alpha value is -2.05. The number of rotatable bonds is 12. The summed E-state index contributed by atoms with van der Waals surface area (Å²) in [4.78, 5) is 8.79. The first-order valence-electron chi connectivity index (χ1n) is 12.0. The van der Waals surface area contributed by atoms with Gasteiger partial charge in [-0.1, -0.05) is 29.8 Å². The van der Waals surface area contributed by atoms with Gasteiger partial charge in [-0.25, -0.2) is 13.4 Å². The van der Waals surface area contributed by atoms with E-state index in [9.17, 15) is 8.42 Å². The molecule has 0 unspecified atom stereocenters. The van der Waals surface area contributed by atoms with E-state index in [1.807, 2.05) is 38.1 Å². The van der Waals surface area contributed by atoms with Crippen molar-refractivity contribution in [1.29, 1.82) is 0 Å². The van der Waals surface area contributed by atoms with Gasteiger partial charge in [0.2, 0.25) is 15.0 Å². The van der Waals surface area contributed by atoms with Crippen LogP contribution in [0.2, 0.25) is 0 Å². The summed E-state index contributed by atoms with van der Waals surface area (Å²) in [5, 5.41) is 3.94. The number of nitrogens with one attached hydrogen (secondary N) is 1. The molecule has 1 aliphatic rings. The molecule has 1 fully saturated rings. The van der Waals surface area contributed by atoms with Gasteiger partial charge in [-0.15, -0.1) is 0 Å². The molecule has 0 radical (unpaired) electrons. The van der Waals surface area contributed by atoms with Crippen LogP contribution in [0.4, 0.5) is 0 Å². The van der Waals surface area contributed by atoms with Crippen LogP contribution in [-0.4, -0.2) is 92.5 Å². The van der Waals surface area contributed by atoms with Crippen LogP contribution < -0.4 is 5.32 Å². The molecule has 1 saturated heterocycles. The summed E-state index contributed by atoms with van der Waals surface area (Å²) in [6, 6.07) is 7.53. The maximum Gasteiger partial charge on any atom is 0.228 e. The molecule has 1 aromatic carbocycles. The number of sulfone groups is 1. The number of benzene rings is 1. The van der Waals surface area contributed by atoms with E-state index in [4.69, 9.17) is 21.7 Å². The number of morpholine rings is 1. The molecule has 0 atom stereocenters. The highest BCUT2D eigenvalue weighted by molar-refractivity contribution is 7.90. The molecule has 11 heteroatoms. The van der Waals surface area contributed by atoms with Gasteiger partial charge >= 0.3 is 0 Å². The number of thiocarbonyl (C=S) groups is 1. The molecule has 1 aliphatic heterocycles. The molecular weight excluding hydrogens is 486 g/mol. The van der Waals surface area contributed by atoms with Crippen LogP contribution in [0.25, 0.3) is 0 Å². The van der Waals surface area contributed by atoms with E-state index in [0.29, 0.717) is 37.9 Å². The minimum atomic E-state index is -3.65. The Labute approximate surface area is 214 Å². The first kappa shape index (κ1) is 27.5. The number of aryl methyl sites for hydroxylation is 1. The van der Waals surface area contributed by atoms with Crippen LogP contribution in [0.5, 0.6) is 0 Å². The lowest BCUT2D eigenvalue weighted by Crippen LogP contribution is -2.46. The Morgan fingerprint density at radius 2 is 1.94 bits per heavy atom. The van der Waals surface area contributed by atoms with Gasteiger partial charge in [0.15, 0.2) is 5.11 Å². The third kappa shape index (κ3) is 7.97. The molecule has 0 spiro atoms. The van der Waals surface area contributed by atoms with Crippen molar-refractivity contribution in [3.8, 4) is 0 Å². The summed E-state index contributed by atoms with van der Waals surface area (Å²) in [6.45, 7) is 10.7. The number of ether oxygens (including phenoxy) is 2. The van der Waals surface area contributed by atoms with Crippen LogP contribution in [0, 0.1) is 6.92 Å². The van der Waals surface area contributed by atoms with Gasteiger partial charge in [-0.3, -0.25) is 4.90 Å². The smallest absolute Gasteiger partial charge is 0.228 e. The first-order chi connectivity index (χ1) is 16.8. The SMILES string of the molecule is CCNC(=S)N(CCN1CCOCC1)Cc1cnc(S(=O)(=O)Cc2ccc(C)cc2)n1CCOC. The lowest BCUT2D eigenvalue weighted by atomic mass is 10.2. The fourth-order valence-corrected chi connectivity index (χ4v) is 5.77. The van der Waals surface area contributed by atoms with E-state index in [1.165, 1.54) is 0 Å². The van der Waals surface area contributed by atoms with E-state index in [0.717, 1.165) is 49.7 Å². The minimum Gasteiger partial charge on any atom is -0.383 e. The van der Waals surface area contributed by atoms with Crippen LogP contribution in [-0.2, 0) is 38.2 Å². The second kappa shape index (κ2) is 13.3. The predicted molar refractivity (Wildman–Crippen MR) is 140 cm³/mol.